The Morgan fingerprint density at radius 3 is 2.06 bits per heavy atom. The quantitative estimate of drug-likeness (QED) is 0.516. The van der Waals surface area contributed by atoms with E-state index in [2.05, 4.69) is 36.1 Å². The van der Waals surface area contributed by atoms with E-state index in [0.717, 1.165) is 59.4 Å². The normalized spacial score (nSPS) is 18.5. The van der Waals surface area contributed by atoms with Crippen molar-refractivity contribution >= 4 is 11.6 Å². The Kier molecular flexibility index (Phi) is 6.50. The molecule has 0 aromatic heterocycles. The molecule has 182 valence electrons. The van der Waals surface area contributed by atoms with E-state index in [9.17, 15) is 9.59 Å². The van der Waals surface area contributed by atoms with Crippen LogP contribution >= 0.6 is 0 Å². The number of rotatable bonds is 6. The molecule has 0 fully saturated rings. The number of hydrogen-bond donors (Lipinski definition) is 0. The van der Waals surface area contributed by atoms with Crippen LogP contribution in [0.4, 0.5) is 0 Å². The molecule has 0 saturated heterocycles. The van der Waals surface area contributed by atoms with E-state index < -0.39 is 0 Å². The van der Waals surface area contributed by atoms with Gasteiger partial charge in [-0.1, -0.05) is 35.9 Å². The van der Waals surface area contributed by atoms with Crippen molar-refractivity contribution in [3.8, 4) is 11.5 Å². The molecule has 0 saturated carbocycles. The molecular formula is C30H33NO4. The zero-order chi connectivity index (χ0) is 24.5. The molecule has 2 aromatic rings. The Hall–Kier alpha value is -3.34. The largest absolute Gasteiger partial charge is 0.490 e. The minimum Gasteiger partial charge on any atom is -0.490 e. The summed E-state index contributed by atoms with van der Waals surface area (Å²) in [6, 6.07) is 14.2. The monoisotopic (exact) mass is 471 g/mol. The Labute approximate surface area is 207 Å². The Morgan fingerprint density at radius 1 is 0.829 bits per heavy atom. The topological polar surface area (TPSA) is 55.8 Å². The van der Waals surface area contributed by atoms with Gasteiger partial charge < -0.3 is 14.4 Å². The van der Waals surface area contributed by atoms with Crippen LogP contribution in [0.1, 0.15) is 68.1 Å². The van der Waals surface area contributed by atoms with Gasteiger partial charge in [-0.2, -0.15) is 0 Å². The van der Waals surface area contributed by atoms with Gasteiger partial charge in [-0.05, 0) is 62.8 Å². The smallest absolute Gasteiger partial charge is 0.161 e. The van der Waals surface area contributed by atoms with Crippen molar-refractivity contribution in [1.29, 1.82) is 0 Å². The van der Waals surface area contributed by atoms with E-state index >= 15 is 0 Å². The van der Waals surface area contributed by atoms with Gasteiger partial charge in [0.05, 0.1) is 6.61 Å². The molecule has 0 spiro atoms. The van der Waals surface area contributed by atoms with Crippen molar-refractivity contribution in [2.45, 2.75) is 64.9 Å². The van der Waals surface area contributed by atoms with E-state index in [1.165, 1.54) is 5.56 Å². The lowest BCUT2D eigenvalue weighted by atomic mass is 9.71. The second-order valence-electron chi connectivity index (χ2n) is 9.68. The van der Waals surface area contributed by atoms with Gasteiger partial charge in [-0.3, -0.25) is 9.59 Å². The molecule has 0 unspecified atom stereocenters. The van der Waals surface area contributed by atoms with Crippen LogP contribution in [0, 0.1) is 6.92 Å². The second kappa shape index (κ2) is 9.73. The lowest BCUT2D eigenvalue weighted by molar-refractivity contribution is -0.117. The molecule has 5 rings (SSSR count). The molecule has 0 atom stereocenters. The van der Waals surface area contributed by atoms with Crippen LogP contribution in [0.2, 0.25) is 0 Å². The molecule has 0 radical (unpaired) electrons. The van der Waals surface area contributed by atoms with E-state index in [-0.39, 0.29) is 17.5 Å². The van der Waals surface area contributed by atoms with Crippen LogP contribution in [0.25, 0.3) is 0 Å². The molecule has 3 aliphatic rings. The molecule has 0 bridgehead atoms. The molecule has 1 aliphatic heterocycles. The highest BCUT2D eigenvalue weighted by Gasteiger charge is 2.42. The number of ether oxygens (including phenoxy) is 2. The SMILES string of the molecule is CCOc1cc(C2C3=C(CCCC3=O)N(C)C3=C2C(=O)CCC3)ccc1OCc1ccc(C)cc1. The van der Waals surface area contributed by atoms with Crippen molar-refractivity contribution in [3.63, 3.8) is 0 Å². The maximum Gasteiger partial charge on any atom is 0.161 e. The number of aryl methyl sites for hydroxylation is 1. The van der Waals surface area contributed by atoms with Crippen LogP contribution in [0.15, 0.2) is 65.0 Å². The average molecular weight is 472 g/mol. The van der Waals surface area contributed by atoms with E-state index in [1.54, 1.807) is 0 Å². The molecule has 2 aromatic carbocycles. The molecular weight excluding hydrogens is 438 g/mol. The molecule has 0 N–H and O–H groups in total. The van der Waals surface area contributed by atoms with E-state index in [0.29, 0.717) is 37.6 Å². The van der Waals surface area contributed by atoms with Gasteiger partial charge in [0, 0.05) is 48.3 Å². The number of carbonyl (C=O) groups excluding carboxylic acids is 2. The van der Waals surface area contributed by atoms with Crippen molar-refractivity contribution in [3.05, 3.63) is 81.7 Å². The number of benzene rings is 2. The van der Waals surface area contributed by atoms with Gasteiger partial charge in [-0.25, -0.2) is 0 Å². The lowest BCUT2D eigenvalue weighted by Gasteiger charge is -2.42. The number of hydrogen-bond acceptors (Lipinski definition) is 5. The minimum atomic E-state index is -0.331. The summed E-state index contributed by atoms with van der Waals surface area (Å²) in [6.45, 7) is 4.95. The predicted molar refractivity (Wildman–Crippen MR) is 135 cm³/mol. The third-order valence-corrected chi connectivity index (χ3v) is 7.36. The molecule has 0 amide bonds. The maximum atomic E-state index is 13.2. The highest BCUT2D eigenvalue weighted by Crippen LogP contribution is 2.49. The number of nitrogens with zero attached hydrogens (tertiary/aromatic N) is 1. The van der Waals surface area contributed by atoms with Gasteiger partial charge in [0.15, 0.2) is 23.1 Å². The first-order valence-corrected chi connectivity index (χ1v) is 12.7. The third kappa shape index (κ3) is 4.40. The number of allylic oxidation sites excluding steroid dienone is 4. The van der Waals surface area contributed by atoms with Gasteiger partial charge in [0.1, 0.15) is 6.61 Å². The molecule has 1 heterocycles. The van der Waals surface area contributed by atoms with Crippen molar-refractivity contribution in [1.82, 2.24) is 4.90 Å². The standard InChI is InChI=1S/C30H33NO4/c1-4-34-27-17-21(15-16-26(27)35-18-20-13-11-19(2)12-14-20)28-29-22(7-5-9-24(29)32)31(3)23-8-6-10-25(33)30(23)28/h11-17,28H,4-10,18H2,1-3H3. The fourth-order valence-electron chi connectivity index (χ4n) is 5.62. The Bertz CT molecular complexity index is 1180. The summed E-state index contributed by atoms with van der Waals surface area (Å²) >= 11 is 0. The maximum absolute atomic E-state index is 13.2. The summed E-state index contributed by atoms with van der Waals surface area (Å²) < 4.78 is 12.1. The molecule has 5 nitrogen and oxygen atoms in total. The summed E-state index contributed by atoms with van der Waals surface area (Å²) in [5, 5.41) is 0. The number of ketones is 2. The third-order valence-electron chi connectivity index (χ3n) is 7.36. The molecule has 5 heteroatoms. The highest BCUT2D eigenvalue weighted by molar-refractivity contribution is 6.06. The summed E-state index contributed by atoms with van der Waals surface area (Å²) in [5.41, 5.74) is 6.97. The van der Waals surface area contributed by atoms with Gasteiger partial charge in [-0.15, -0.1) is 0 Å². The summed E-state index contributed by atoms with van der Waals surface area (Å²) in [5.74, 6) is 1.29. The Balaban J connectivity index is 1.54. The number of Topliss-reactive ketones (excluding diaryl/α,β-unsaturated/α-hetero) is 2. The fraction of sp³-hybridized carbons (Fsp3) is 0.400. The highest BCUT2D eigenvalue weighted by atomic mass is 16.5. The van der Waals surface area contributed by atoms with E-state index in [4.69, 9.17) is 9.47 Å². The average Bonchev–Trinajstić information content (AvgIpc) is 2.86. The van der Waals surface area contributed by atoms with Gasteiger partial charge in [0.25, 0.3) is 0 Å². The fourth-order valence-corrected chi connectivity index (χ4v) is 5.62. The summed E-state index contributed by atoms with van der Waals surface area (Å²) in [4.78, 5) is 28.6. The van der Waals surface area contributed by atoms with Crippen molar-refractivity contribution < 1.29 is 19.1 Å². The van der Waals surface area contributed by atoms with Crippen LogP contribution in [0.5, 0.6) is 11.5 Å². The first-order chi connectivity index (χ1) is 17.0. The van der Waals surface area contributed by atoms with E-state index in [1.807, 2.05) is 32.2 Å². The van der Waals surface area contributed by atoms with Crippen molar-refractivity contribution in [2.24, 2.45) is 0 Å². The lowest BCUT2D eigenvalue weighted by Crippen LogP contribution is -2.37. The summed E-state index contributed by atoms with van der Waals surface area (Å²) in [6.07, 6.45) is 4.54. The zero-order valence-corrected chi connectivity index (χ0v) is 20.9. The van der Waals surface area contributed by atoms with Crippen molar-refractivity contribution in [2.75, 3.05) is 13.7 Å². The van der Waals surface area contributed by atoms with Gasteiger partial charge in [0.2, 0.25) is 0 Å². The minimum absolute atomic E-state index is 0.158. The van der Waals surface area contributed by atoms with Crippen LogP contribution in [0.3, 0.4) is 0 Å². The first-order valence-electron chi connectivity index (χ1n) is 12.7. The Morgan fingerprint density at radius 2 is 1.46 bits per heavy atom. The van der Waals surface area contributed by atoms with Crippen LogP contribution < -0.4 is 9.47 Å². The molecule has 2 aliphatic carbocycles. The molecule has 35 heavy (non-hydrogen) atoms. The predicted octanol–water partition coefficient (Wildman–Crippen LogP) is 6.02. The van der Waals surface area contributed by atoms with Gasteiger partial charge >= 0.3 is 0 Å². The van der Waals surface area contributed by atoms with Crippen LogP contribution in [-0.4, -0.2) is 30.1 Å². The second-order valence-corrected chi connectivity index (χ2v) is 9.68. The summed E-state index contributed by atoms with van der Waals surface area (Å²) in [7, 11) is 2.02. The van der Waals surface area contributed by atoms with Crippen LogP contribution in [-0.2, 0) is 16.2 Å². The first kappa shape index (κ1) is 23.4. The zero-order valence-electron chi connectivity index (χ0n) is 20.9. The number of carbonyl (C=O) groups is 2.